The molecule has 0 spiro atoms. The van der Waals surface area contributed by atoms with Crippen molar-refractivity contribution in [2.45, 2.75) is 129 Å². The van der Waals surface area contributed by atoms with E-state index in [0.717, 1.165) is 67.3 Å². The van der Waals surface area contributed by atoms with Crippen molar-refractivity contribution in [3.8, 4) is 0 Å². The third kappa shape index (κ3) is 16.4. The number of hydrogen-bond donors (Lipinski definition) is 4. The van der Waals surface area contributed by atoms with Crippen molar-refractivity contribution in [1.82, 2.24) is 0 Å². The average molecular weight is 993 g/mol. The fourth-order valence-electron chi connectivity index (χ4n) is 7.56. The van der Waals surface area contributed by atoms with Crippen LogP contribution in [0.1, 0.15) is 100 Å². The first-order valence-corrected chi connectivity index (χ1v) is 24.2. The van der Waals surface area contributed by atoms with Gasteiger partial charge in [0.1, 0.15) is 0 Å². The molecule has 0 amide bonds. The maximum absolute atomic E-state index is 6.06. The summed E-state index contributed by atoms with van der Waals surface area (Å²) in [6.07, 6.45) is 0. The minimum absolute atomic E-state index is 0. The molecule has 7 aromatic carbocycles. The summed E-state index contributed by atoms with van der Waals surface area (Å²) in [5.41, 5.74) is 45.5. The largest absolute Gasteiger partial charge is 2.00 e. The van der Waals surface area contributed by atoms with Crippen LogP contribution in [0.3, 0.4) is 0 Å². The Bertz CT molecular complexity index is 2260. The average Bonchev–Trinajstić information content (AvgIpc) is 3.71. The molecular formula is C59H82N5PRu. The molecule has 0 aliphatic carbocycles. The Morgan fingerprint density at radius 1 is 0.470 bits per heavy atom. The van der Waals surface area contributed by atoms with E-state index >= 15 is 0 Å². The van der Waals surface area contributed by atoms with E-state index < -0.39 is 0 Å². The van der Waals surface area contributed by atoms with Crippen LogP contribution < -0.4 is 28.2 Å². The van der Waals surface area contributed by atoms with Crippen molar-refractivity contribution in [3.05, 3.63) is 175 Å². The van der Waals surface area contributed by atoms with E-state index in [-0.39, 0.29) is 27.4 Å². The molecule has 0 unspecified atom stereocenters. The van der Waals surface area contributed by atoms with E-state index in [1.54, 1.807) is 4.58 Å². The summed E-state index contributed by atoms with van der Waals surface area (Å²) >= 11 is 0. The molecule has 0 fully saturated rings. The standard InChI is InChI=1S/C17H23NP.C10H15.4C8H11N.Ru/c1-12(2)19(13(3)4)17-15-10-8-7-9-14(15)11-16(17)18(5)6;1-6-7(2)9(4)10(5)8(6)3;4*1-6-4-3-5-7(2)8(6)9;/h5,7-13H,1-4,6H3;1-5H3;4*3-5H,9H2,1-2H3;/q2*-1;;;;;+2. The second-order valence-electron chi connectivity index (χ2n) is 18.0. The van der Waals surface area contributed by atoms with Crippen LogP contribution in [0.2, 0.25) is 0 Å². The van der Waals surface area contributed by atoms with Crippen LogP contribution in [-0.2, 0) is 19.5 Å². The fourth-order valence-corrected chi connectivity index (χ4v) is 10.8. The zero-order chi connectivity index (χ0) is 49.5. The Hall–Kier alpha value is -5.02. The van der Waals surface area contributed by atoms with Gasteiger partial charge in [-0.25, -0.2) is 6.72 Å². The van der Waals surface area contributed by atoms with Crippen LogP contribution in [0.4, 0.5) is 28.4 Å². The first-order chi connectivity index (χ1) is 30.3. The van der Waals surface area contributed by atoms with Crippen molar-refractivity contribution in [2.75, 3.05) is 30.0 Å². The Kier molecular flexibility index (Phi) is 24.7. The number of rotatable bonds is 4. The van der Waals surface area contributed by atoms with Crippen molar-refractivity contribution in [2.24, 2.45) is 0 Å². The molecule has 0 radical (unpaired) electrons. The molecular weight excluding hydrogens is 911 g/mol. The third-order valence-electron chi connectivity index (χ3n) is 12.5. The van der Waals surface area contributed by atoms with E-state index in [4.69, 9.17) is 29.7 Å². The van der Waals surface area contributed by atoms with Crippen molar-refractivity contribution < 1.29 is 24.1 Å². The molecule has 0 aliphatic rings. The van der Waals surface area contributed by atoms with Gasteiger partial charge in [-0.1, -0.05) is 173 Å². The number of nitrogens with two attached hydrogens (primary N) is 4. The molecule has 7 heteroatoms. The van der Waals surface area contributed by atoms with Gasteiger partial charge in [0.15, 0.2) is 0 Å². The number of hydrogen-bond acceptors (Lipinski definition) is 4. The predicted octanol–water partition coefficient (Wildman–Crippen LogP) is 14.8. The van der Waals surface area contributed by atoms with E-state index in [2.05, 4.69) is 92.6 Å². The van der Waals surface area contributed by atoms with E-state index in [1.807, 2.05) is 135 Å². The molecule has 0 aliphatic heterocycles. The van der Waals surface area contributed by atoms with Gasteiger partial charge in [-0.15, -0.1) is 11.4 Å². The summed E-state index contributed by atoms with van der Waals surface area (Å²) in [5, 5.41) is 4.16. The van der Waals surface area contributed by atoms with Gasteiger partial charge >= 0.3 is 19.5 Å². The van der Waals surface area contributed by atoms with Gasteiger partial charge in [0.25, 0.3) is 0 Å². The molecule has 0 atom stereocenters. The summed E-state index contributed by atoms with van der Waals surface area (Å²) in [6.45, 7) is 42.5. The van der Waals surface area contributed by atoms with Gasteiger partial charge in [-0.2, -0.15) is 27.8 Å². The van der Waals surface area contributed by atoms with Gasteiger partial charge < -0.3 is 27.5 Å². The summed E-state index contributed by atoms with van der Waals surface area (Å²) in [6, 6.07) is 35.1. The third-order valence-corrected chi connectivity index (χ3v) is 15.7. The Morgan fingerprint density at radius 3 is 0.955 bits per heavy atom. The molecule has 0 heterocycles. The van der Waals surface area contributed by atoms with Gasteiger partial charge in [0, 0.05) is 22.7 Å². The van der Waals surface area contributed by atoms with E-state index in [0.29, 0.717) is 11.3 Å². The van der Waals surface area contributed by atoms with Crippen LogP contribution in [0, 0.1) is 90.0 Å². The van der Waals surface area contributed by atoms with Crippen LogP contribution in [0.5, 0.6) is 0 Å². The Balaban J connectivity index is 0.000000408. The normalized spacial score (nSPS) is 10.3. The number of anilines is 4. The Labute approximate surface area is 415 Å². The van der Waals surface area contributed by atoms with E-state index in [1.165, 1.54) is 49.6 Å². The number of nitrogen functional groups attached to an aromatic ring is 4. The topological polar surface area (TPSA) is 107 Å². The summed E-state index contributed by atoms with van der Waals surface area (Å²) in [7, 11) is 1.72. The maximum Gasteiger partial charge on any atom is 2.00 e. The number of fused-ring (bicyclic) bond motifs is 1. The molecule has 66 heavy (non-hydrogen) atoms. The first kappa shape index (κ1) is 59.0. The van der Waals surface area contributed by atoms with Crippen molar-refractivity contribution in [1.29, 1.82) is 0 Å². The smallest absolute Gasteiger partial charge is 0.536 e. The summed E-state index contributed by atoms with van der Waals surface area (Å²) in [4.78, 5) is 0. The second-order valence-corrected chi connectivity index (χ2v) is 21.3. The molecule has 0 aromatic heterocycles. The molecule has 0 saturated carbocycles. The minimum Gasteiger partial charge on any atom is -0.536 e. The van der Waals surface area contributed by atoms with Crippen molar-refractivity contribution >= 4 is 59.2 Å². The molecule has 0 saturated heterocycles. The molecule has 7 rings (SSSR count). The quantitative estimate of drug-likeness (QED) is 0.0352. The molecule has 8 N–H and O–H groups in total. The van der Waals surface area contributed by atoms with Gasteiger partial charge in [-0.3, -0.25) is 0 Å². The number of para-hydroxylation sites is 4. The van der Waals surface area contributed by atoms with Gasteiger partial charge in [0.2, 0.25) is 0 Å². The number of aryl methyl sites for hydroxylation is 8. The second kappa shape index (κ2) is 27.6. The minimum atomic E-state index is -0.211. The molecule has 7 aromatic rings. The van der Waals surface area contributed by atoms with Crippen LogP contribution in [0.15, 0.2) is 103 Å². The maximum atomic E-state index is 6.06. The van der Waals surface area contributed by atoms with Crippen LogP contribution >= 0.6 is 7.92 Å². The zero-order valence-corrected chi connectivity index (χ0v) is 46.2. The molecule has 356 valence electrons. The van der Waals surface area contributed by atoms with Gasteiger partial charge in [-0.05, 0) is 122 Å². The SMILES string of the molecule is Cc1c(C)c(C)[c-](C)c1C.Cc1cccc(C)c1N.Cc1cccc(C)c1N.Cc1cccc(C)c1N.Cc1cccc(C)c1N.[CH-]=[N+](C)[c-]1cc2ccccc2c1P(C(C)C)C(C)C.[Ru+2]. The van der Waals surface area contributed by atoms with E-state index in [9.17, 15) is 0 Å². The van der Waals surface area contributed by atoms with Crippen molar-refractivity contribution in [3.63, 3.8) is 0 Å². The number of nitrogens with zero attached hydrogens (tertiary/aromatic N) is 1. The summed E-state index contributed by atoms with van der Waals surface area (Å²) in [5.74, 6) is 0. The monoisotopic (exact) mass is 994 g/mol. The molecule has 0 bridgehead atoms. The Morgan fingerprint density at radius 2 is 0.742 bits per heavy atom. The molecule has 5 nitrogen and oxygen atoms in total. The summed E-state index contributed by atoms with van der Waals surface area (Å²) < 4.78 is 1.77. The first-order valence-electron chi connectivity index (χ1n) is 22.8. The van der Waals surface area contributed by atoms with Crippen LogP contribution in [-0.4, -0.2) is 29.7 Å². The zero-order valence-electron chi connectivity index (χ0n) is 43.6. The predicted molar refractivity (Wildman–Crippen MR) is 295 cm³/mol. The van der Waals surface area contributed by atoms with Crippen LogP contribution in [0.25, 0.3) is 10.8 Å². The fraction of sp³-hybridized carbons (Fsp3) is 0.339. The van der Waals surface area contributed by atoms with Gasteiger partial charge in [0.05, 0.1) is 7.05 Å². The number of benzene rings is 5.